The van der Waals surface area contributed by atoms with Crippen LogP contribution in [0.4, 0.5) is 11.4 Å². The van der Waals surface area contributed by atoms with Crippen LogP contribution in [0.2, 0.25) is 0 Å². The number of pyridine rings is 2. The van der Waals surface area contributed by atoms with Gasteiger partial charge in [-0.2, -0.15) is 0 Å². The molecule has 1 aromatic carbocycles. The van der Waals surface area contributed by atoms with Crippen LogP contribution >= 0.6 is 15.9 Å². The molecule has 0 bridgehead atoms. The number of rotatable bonds is 7. The van der Waals surface area contributed by atoms with Gasteiger partial charge in [-0.05, 0) is 84.6 Å². The molecule has 0 atom stereocenters. The molecule has 204 valence electrons. The smallest absolute Gasteiger partial charge is 0.159 e. The Labute approximate surface area is 239 Å². The summed E-state index contributed by atoms with van der Waals surface area (Å²) in [5.41, 5.74) is 6.39. The maximum atomic E-state index is 5.00. The first kappa shape index (κ1) is 26.2. The van der Waals surface area contributed by atoms with Crippen LogP contribution < -0.4 is 10.2 Å². The maximum absolute atomic E-state index is 5.00. The van der Waals surface area contributed by atoms with Crippen LogP contribution in [-0.4, -0.2) is 81.1 Å². The van der Waals surface area contributed by atoms with Crippen LogP contribution in [0.1, 0.15) is 32.3 Å². The predicted molar refractivity (Wildman–Crippen MR) is 162 cm³/mol. The van der Waals surface area contributed by atoms with Gasteiger partial charge < -0.3 is 20.1 Å². The van der Waals surface area contributed by atoms with Crippen LogP contribution in [0.25, 0.3) is 22.6 Å². The van der Waals surface area contributed by atoms with Crippen molar-refractivity contribution in [1.29, 1.82) is 0 Å². The van der Waals surface area contributed by atoms with Crippen molar-refractivity contribution >= 4 is 38.5 Å². The van der Waals surface area contributed by atoms with Crippen molar-refractivity contribution in [3.05, 3.63) is 65.0 Å². The normalized spacial score (nSPS) is 17.8. The number of piperazine rings is 1. The molecular weight excluding hydrogens is 552 g/mol. The standard InChI is InChI=1S/C30H37BrN8/c1-21(2)38-13-9-24(10-14-38)34-27-26(31)19-33-30-28(27)35-29(36-30)23-3-5-25(6-4-23)39-17-15-37(16-18-39)20-22-7-11-32-12-8-22/h3-8,11-12,19,21,24H,9-10,13-18,20H2,1-2H3,(H2,33,34,35,36). The van der Waals surface area contributed by atoms with Crippen molar-refractivity contribution in [3.63, 3.8) is 0 Å². The first-order valence-corrected chi connectivity index (χ1v) is 14.8. The van der Waals surface area contributed by atoms with Crippen molar-refractivity contribution in [3.8, 4) is 11.4 Å². The minimum atomic E-state index is 0.437. The Morgan fingerprint density at radius 2 is 1.69 bits per heavy atom. The van der Waals surface area contributed by atoms with E-state index in [-0.39, 0.29) is 0 Å². The summed E-state index contributed by atoms with van der Waals surface area (Å²) in [6.45, 7) is 12.0. The molecule has 0 radical (unpaired) electrons. The highest BCUT2D eigenvalue weighted by atomic mass is 79.9. The zero-order chi connectivity index (χ0) is 26.8. The molecule has 0 amide bonds. The summed E-state index contributed by atoms with van der Waals surface area (Å²) in [5.74, 6) is 0.849. The van der Waals surface area contributed by atoms with E-state index in [9.17, 15) is 0 Å². The van der Waals surface area contributed by atoms with Crippen LogP contribution in [-0.2, 0) is 6.54 Å². The molecule has 2 aliphatic heterocycles. The number of nitrogens with zero attached hydrogens (tertiary/aromatic N) is 6. The van der Waals surface area contributed by atoms with Crippen molar-refractivity contribution in [2.75, 3.05) is 49.5 Å². The van der Waals surface area contributed by atoms with E-state index in [1.54, 1.807) is 0 Å². The number of nitrogens with one attached hydrogen (secondary N) is 2. The van der Waals surface area contributed by atoms with Crippen LogP contribution in [0.15, 0.2) is 59.5 Å². The monoisotopic (exact) mass is 588 g/mol. The van der Waals surface area contributed by atoms with E-state index in [2.05, 4.69) is 101 Å². The van der Waals surface area contributed by atoms with Gasteiger partial charge in [0.2, 0.25) is 0 Å². The molecule has 3 aromatic heterocycles. The number of hydrogen-bond donors (Lipinski definition) is 2. The number of aromatic amines is 1. The van der Waals surface area contributed by atoms with E-state index >= 15 is 0 Å². The number of imidazole rings is 1. The number of fused-ring (bicyclic) bond motifs is 1. The topological polar surface area (TPSA) is 76.2 Å². The van der Waals surface area contributed by atoms with E-state index in [0.717, 1.165) is 91.4 Å². The maximum Gasteiger partial charge on any atom is 0.159 e. The van der Waals surface area contributed by atoms with E-state index in [0.29, 0.717) is 12.1 Å². The Bertz CT molecular complexity index is 1370. The van der Waals surface area contributed by atoms with Gasteiger partial charge in [-0.1, -0.05) is 0 Å². The summed E-state index contributed by atoms with van der Waals surface area (Å²) in [6.07, 6.45) is 7.88. The number of aromatic nitrogens is 4. The van der Waals surface area contributed by atoms with Gasteiger partial charge >= 0.3 is 0 Å². The third kappa shape index (κ3) is 5.95. The fourth-order valence-electron chi connectivity index (χ4n) is 5.71. The summed E-state index contributed by atoms with van der Waals surface area (Å²) in [5, 5.41) is 3.78. The molecule has 0 spiro atoms. The van der Waals surface area contributed by atoms with Crippen molar-refractivity contribution in [1.82, 2.24) is 29.7 Å². The molecule has 5 heterocycles. The Morgan fingerprint density at radius 3 is 2.38 bits per heavy atom. The Kier molecular flexibility index (Phi) is 7.81. The molecular formula is C30H37BrN8. The molecule has 6 rings (SSSR count). The van der Waals surface area contributed by atoms with Crippen LogP contribution in [0.3, 0.4) is 0 Å². The summed E-state index contributed by atoms with van der Waals surface area (Å²) >= 11 is 3.72. The zero-order valence-corrected chi connectivity index (χ0v) is 24.4. The second kappa shape index (κ2) is 11.6. The third-order valence-corrected chi connectivity index (χ3v) is 8.71. The molecule has 2 aliphatic rings. The summed E-state index contributed by atoms with van der Waals surface area (Å²) in [6, 6.07) is 14.0. The number of benzene rings is 1. The van der Waals surface area contributed by atoms with E-state index in [1.165, 1.54) is 11.3 Å². The van der Waals surface area contributed by atoms with Crippen LogP contribution in [0.5, 0.6) is 0 Å². The number of halogens is 1. The summed E-state index contributed by atoms with van der Waals surface area (Å²) < 4.78 is 0.956. The highest BCUT2D eigenvalue weighted by Crippen LogP contribution is 2.33. The van der Waals surface area contributed by atoms with Crippen LogP contribution in [0, 0.1) is 0 Å². The van der Waals surface area contributed by atoms with Gasteiger partial charge in [0, 0.05) is 87.7 Å². The molecule has 9 heteroatoms. The minimum Gasteiger partial charge on any atom is -0.379 e. The number of H-pyrrole nitrogens is 1. The van der Waals surface area contributed by atoms with Crippen molar-refractivity contribution < 1.29 is 0 Å². The first-order chi connectivity index (χ1) is 19.0. The number of piperidine rings is 1. The summed E-state index contributed by atoms with van der Waals surface area (Å²) in [4.78, 5) is 24.7. The molecule has 2 N–H and O–H groups in total. The number of hydrogen-bond acceptors (Lipinski definition) is 7. The molecule has 0 unspecified atom stereocenters. The molecule has 8 nitrogen and oxygen atoms in total. The van der Waals surface area contributed by atoms with E-state index in [4.69, 9.17) is 4.98 Å². The van der Waals surface area contributed by atoms with Crippen molar-refractivity contribution in [2.45, 2.75) is 45.3 Å². The highest BCUT2D eigenvalue weighted by molar-refractivity contribution is 9.10. The zero-order valence-electron chi connectivity index (χ0n) is 22.8. The van der Waals surface area contributed by atoms with Gasteiger partial charge in [0.15, 0.2) is 5.65 Å². The average Bonchev–Trinajstić information content (AvgIpc) is 3.41. The SMILES string of the molecule is CC(C)N1CCC(Nc2c(Br)cnc3[nH]c(-c4ccc(N5CCN(Cc6ccncc6)CC5)cc4)nc23)CC1. The number of anilines is 2. The van der Waals surface area contributed by atoms with Gasteiger partial charge in [0.1, 0.15) is 11.3 Å². The van der Waals surface area contributed by atoms with Gasteiger partial charge in [-0.15, -0.1) is 0 Å². The molecule has 2 saturated heterocycles. The minimum absolute atomic E-state index is 0.437. The molecule has 4 aromatic rings. The quantitative estimate of drug-likeness (QED) is 0.300. The lowest BCUT2D eigenvalue weighted by Crippen LogP contribution is -2.45. The Balaban J connectivity index is 1.12. The lowest BCUT2D eigenvalue weighted by atomic mass is 10.0. The lowest BCUT2D eigenvalue weighted by molar-refractivity contribution is 0.177. The lowest BCUT2D eigenvalue weighted by Gasteiger charge is -2.36. The van der Waals surface area contributed by atoms with E-state index in [1.807, 2.05) is 18.6 Å². The molecule has 0 saturated carbocycles. The van der Waals surface area contributed by atoms with Gasteiger partial charge in [0.25, 0.3) is 0 Å². The third-order valence-electron chi connectivity index (χ3n) is 8.11. The Hall–Kier alpha value is -3.01. The fraction of sp³-hybridized carbons (Fsp3) is 0.433. The predicted octanol–water partition coefficient (Wildman–Crippen LogP) is 5.39. The fourth-order valence-corrected chi connectivity index (χ4v) is 6.11. The average molecular weight is 590 g/mol. The van der Waals surface area contributed by atoms with E-state index < -0.39 is 0 Å². The molecule has 0 aliphatic carbocycles. The van der Waals surface area contributed by atoms with Gasteiger partial charge in [-0.25, -0.2) is 9.97 Å². The number of likely N-dealkylation sites (tertiary alicyclic amines) is 1. The highest BCUT2D eigenvalue weighted by Gasteiger charge is 2.23. The summed E-state index contributed by atoms with van der Waals surface area (Å²) in [7, 11) is 0. The molecule has 39 heavy (non-hydrogen) atoms. The van der Waals surface area contributed by atoms with Crippen molar-refractivity contribution in [2.24, 2.45) is 0 Å². The largest absolute Gasteiger partial charge is 0.379 e. The van der Waals surface area contributed by atoms with Gasteiger partial charge in [0.05, 0.1) is 10.2 Å². The second-order valence-corrected chi connectivity index (χ2v) is 11.8. The Morgan fingerprint density at radius 1 is 0.974 bits per heavy atom. The molecule has 2 fully saturated rings. The first-order valence-electron chi connectivity index (χ1n) is 14.0. The van der Waals surface area contributed by atoms with Gasteiger partial charge in [-0.3, -0.25) is 9.88 Å². The second-order valence-electron chi connectivity index (χ2n) is 11.0.